The number of nitrogens with zero attached hydrogens (tertiary/aromatic N) is 4. The zero-order valence-corrected chi connectivity index (χ0v) is 16.9. The van der Waals surface area contributed by atoms with E-state index < -0.39 is 0 Å². The summed E-state index contributed by atoms with van der Waals surface area (Å²) in [5.41, 5.74) is 2.39. The normalized spacial score (nSPS) is 12.4. The molecule has 1 atom stereocenters. The summed E-state index contributed by atoms with van der Waals surface area (Å²) in [6.07, 6.45) is 4.63. The quantitative estimate of drug-likeness (QED) is 0.510. The minimum Gasteiger partial charge on any atom is -0.356 e. The van der Waals surface area contributed by atoms with E-state index in [1.54, 1.807) is 11.3 Å². The number of aromatic nitrogens is 3. The Labute approximate surface area is 169 Å². The summed E-state index contributed by atoms with van der Waals surface area (Å²) in [7, 11) is 4.18. The molecular formula is C22H23N5S. The second-order valence-electron chi connectivity index (χ2n) is 7.14. The first-order valence-electron chi connectivity index (χ1n) is 9.30. The predicted octanol–water partition coefficient (Wildman–Crippen LogP) is 4.34. The molecule has 142 valence electrons. The van der Waals surface area contributed by atoms with Crippen molar-refractivity contribution < 1.29 is 0 Å². The molecule has 0 aliphatic heterocycles. The first-order chi connectivity index (χ1) is 13.7. The van der Waals surface area contributed by atoms with E-state index >= 15 is 0 Å². The topological polar surface area (TPSA) is 53.9 Å². The van der Waals surface area contributed by atoms with Gasteiger partial charge in [-0.3, -0.25) is 4.98 Å². The van der Waals surface area contributed by atoms with Crippen LogP contribution in [0.3, 0.4) is 0 Å². The summed E-state index contributed by atoms with van der Waals surface area (Å²) in [4.78, 5) is 6.37. The minimum atomic E-state index is 0.265. The van der Waals surface area contributed by atoms with Crippen LogP contribution in [0.25, 0.3) is 21.3 Å². The molecular weight excluding hydrogens is 366 g/mol. The van der Waals surface area contributed by atoms with Gasteiger partial charge in [-0.1, -0.05) is 53.8 Å². The highest BCUT2D eigenvalue weighted by molar-refractivity contribution is 7.18. The summed E-state index contributed by atoms with van der Waals surface area (Å²) in [6.45, 7) is 0.923. The van der Waals surface area contributed by atoms with Crippen molar-refractivity contribution in [2.75, 3.05) is 26.0 Å². The molecule has 0 saturated carbocycles. The number of nitrogens with one attached hydrogen (secondary N) is 1. The average Bonchev–Trinajstić information content (AvgIpc) is 3.16. The monoisotopic (exact) mass is 389 g/mol. The molecule has 6 heteroatoms. The molecule has 2 heterocycles. The molecule has 4 rings (SSSR count). The molecule has 0 saturated heterocycles. The number of likely N-dealkylation sites (N-methyl/N-ethyl adjacent to an activating group) is 1. The summed E-state index contributed by atoms with van der Waals surface area (Å²) in [6, 6.07) is 19.1. The fourth-order valence-corrected chi connectivity index (χ4v) is 4.11. The van der Waals surface area contributed by atoms with Gasteiger partial charge in [-0.2, -0.15) is 0 Å². The standard InChI is InChI=1S/C22H23N5S/c1-27(2)15-20(12-16-6-4-3-5-7-16)24-22-26-25-21(28-22)18-8-9-19-14-23-11-10-17(19)13-18/h3-11,13-14,20H,12,15H2,1-2H3,(H,24,26). The van der Waals surface area contributed by atoms with Gasteiger partial charge in [0.1, 0.15) is 5.01 Å². The molecule has 0 amide bonds. The van der Waals surface area contributed by atoms with Crippen LogP contribution in [0.5, 0.6) is 0 Å². The Morgan fingerprint density at radius 2 is 1.86 bits per heavy atom. The molecule has 28 heavy (non-hydrogen) atoms. The Bertz CT molecular complexity index is 1040. The van der Waals surface area contributed by atoms with E-state index in [9.17, 15) is 0 Å². The Morgan fingerprint density at radius 1 is 1.00 bits per heavy atom. The van der Waals surface area contributed by atoms with Crippen molar-refractivity contribution in [3.05, 3.63) is 72.6 Å². The maximum atomic E-state index is 4.41. The Kier molecular flexibility index (Phi) is 5.60. The fourth-order valence-electron chi connectivity index (χ4n) is 3.29. The zero-order chi connectivity index (χ0) is 19.3. The van der Waals surface area contributed by atoms with E-state index in [1.807, 2.05) is 18.5 Å². The lowest BCUT2D eigenvalue weighted by molar-refractivity contribution is 0.381. The van der Waals surface area contributed by atoms with Gasteiger partial charge in [0.2, 0.25) is 5.13 Å². The van der Waals surface area contributed by atoms with Crippen LogP contribution in [-0.2, 0) is 6.42 Å². The molecule has 4 aromatic rings. The highest BCUT2D eigenvalue weighted by Crippen LogP contribution is 2.29. The Balaban J connectivity index is 1.52. The lowest BCUT2D eigenvalue weighted by Gasteiger charge is -2.22. The first kappa shape index (κ1) is 18.5. The van der Waals surface area contributed by atoms with Gasteiger partial charge in [-0.05, 0) is 43.6 Å². The van der Waals surface area contributed by atoms with Gasteiger partial charge in [-0.15, -0.1) is 10.2 Å². The Morgan fingerprint density at radius 3 is 2.68 bits per heavy atom. The van der Waals surface area contributed by atoms with Gasteiger partial charge in [0.15, 0.2) is 0 Å². The number of benzene rings is 2. The van der Waals surface area contributed by atoms with E-state index in [1.165, 1.54) is 5.56 Å². The van der Waals surface area contributed by atoms with Crippen molar-refractivity contribution in [2.24, 2.45) is 0 Å². The van der Waals surface area contributed by atoms with Gasteiger partial charge in [-0.25, -0.2) is 0 Å². The van der Waals surface area contributed by atoms with Crippen LogP contribution in [0.2, 0.25) is 0 Å². The average molecular weight is 390 g/mol. The molecule has 0 spiro atoms. The second-order valence-corrected chi connectivity index (χ2v) is 8.12. The largest absolute Gasteiger partial charge is 0.356 e. The van der Waals surface area contributed by atoms with Crippen LogP contribution >= 0.6 is 11.3 Å². The lowest BCUT2D eigenvalue weighted by Crippen LogP contribution is -2.34. The maximum absolute atomic E-state index is 4.41. The zero-order valence-electron chi connectivity index (χ0n) is 16.0. The highest BCUT2D eigenvalue weighted by Gasteiger charge is 2.14. The van der Waals surface area contributed by atoms with Gasteiger partial charge in [0.05, 0.1) is 0 Å². The molecule has 0 aliphatic rings. The smallest absolute Gasteiger partial charge is 0.206 e. The summed E-state index contributed by atoms with van der Waals surface area (Å²) < 4.78 is 0. The molecule has 1 unspecified atom stereocenters. The van der Waals surface area contributed by atoms with E-state index in [-0.39, 0.29) is 6.04 Å². The van der Waals surface area contributed by atoms with Crippen LogP contribution in [0.4, 0.5) is 5.13 Å². The number of fused-ring (bicyclic) bond motifs is 1. The molecule has 0 bridgehead atoms. The SMILES string of the molecule is CN(C)CC(Cc1ccccc1)Nc1nnc(-c2ccc3cnccc3c2)s1. The lowest BCUT2D eigenvalue weighted by atomic mass is 10.1. The van der Waals surface area contributed by atoms with E-state index in [4.69, 9.17) is 0 Å². The molecule has 2 aromatic heterocycles. The van der Waals surface area contributed by atoms with Gasteiger partial charge in [0, 0.05) is 35.9 Å². The van der Waals surface area contributed by atoms with E-state index in [0.717, 1.165) is 39.4 Å². The molecule has 1 N–H and O–H groups in total. The molecule has 0 aliphatic carbocycles. The maximum Gasteiger partial charge on any atom is 0.206 e. The van der Waals surface area contributed by atoms with Crippen molar-refractivity contribution in [1.82, 2.24) is 20.1 Å². The van der Waals surface area contributed by atoms with Crippen molar-refractivity contribution in [3.8, 4) is 10.6 Å². The summed E-state index contributed by atoms with van der Waals surface area (Å²) in [5.74, 6) is 0. The van der Waals surface area contributed by atoms with Crippen molar-refractivity contribution in [2.45, 2.75) is 12.5 Å². The number of pyridine rings is 1. The van der Waals surface area contributed by atoms with Crippen LogP contribution in [0.1, 0.15) is 5.56 Å². The number of hydrogen-bond acceptors (Lipinski definition) is 6. The third-order valence-electron chi connectivity index (χ3n) is 4.55. The third-order valence-corrected chi connectivity index (χ3v) is 5.45. The van der Waals surface area contributed by atoms with Crippen molar-refractivity contribution in [3.63, 3.8) is 0 Å². The van der Waals surface area contributed by atoms with Crippen LogP contribution in [0, 0.1) is 0 Å². The Hall–Kier alpha value is -2.83. The number of rotatable bonds is 7. The van der Waals surface area contributed by atoms with Gasteiger partial charge < -0.3 is 10.2 Å². The van der Waals surface area contributed by atoms with Crippen LogP contribution in [0.15, 0.2) is 67.0 Å². The first-order valence-corrected chi connectivity index (χ1v) is 10.1. The second kappa shape index (κ2) is 8.46. The van der Waals surface area contributed by atoms with Gasteiger partial charge in [0.25, 0.3) is 0 Å². The molecule has 5 nitrogen and oxygen atoms in total. The third kappa shape index (κ3) is 4.52. The molecule has 0 radical (unpaired) electrons. The predicted molar refractivity (Wildman–Crippen MR) is 117 cm³/mol. The minimum absolute atomic E-state index is 0.265. The molecule has 0 fully saturated rings. The van der Waals surface area contributed by atoms with Crippen molar-refractivity contribution in [1.29, 1.82) is 0 Å². The molecule has 2 aromatic carbocycles. The number of anilines is 1. The van der Waals surface area contributed by atoms with Gasteiger partial charge >= 0.3 is 0 Å². The van der Waals surface area contributed by atoms with Crippen molar-refractivity contribution >= 4 is 27.2 Å². The van der Waals surface area contributed by atoms with E-state index in [0.29, 0.717) is 0 Å². The number of hydrogen-bond donors (Lipinski definition) is 1. The van der Waals surface area contributed by atoms with E-state index in [2.05, 4.69) is 88.0 Å². The van der Waals surface area contributed by atoms with Crippen LogP contribution < -0.4 is 5.32 Å². The summed E-state index contributed by atoms with van der Waals surface area (Å²) in [5, 5.41) is 16.4. The fraction of sp³-hybridized carbons (Fsp3) is 0.227. The highest BCUT2D eigenvalue weighted by atomic mass is 32.1. The summed E-state index contributed by atoms with van der Waals surface area (Å²) >= 11 is 1.59. The van der Waals surface area contributed by atoms with Crippen LogP contribution in [-0.4, -0.2) is 46.8 Å².